The van der Waals surface area contributed by atoms with E-state index in [2.05, 4.69) is 191 Å². The normalized spacial score (nSPS) is 27.4. The van der Waals surface area contributed by atoms with Gasteiger partial charge in [0, 0.05) is 38.8 Å². The lowest BCUT2D eigenvalue weighted by Gasteiger charge is -2.45. The highest BCUT2D eigenvalue weighted by atomic mass is 15.2. The lowest BCUT2D eigenvalue weighted by atomic mass is 9.74. The Morgan fingerprint density at radius 3 is 1.10 bits per heavy atom. The van der Waals surface area contributed by atoms with Crippen LogP contribution < -0.4 is 0 Å². The third kappa shape index (κ3) is 30.7. The lowest BCUT2D eigenvalue weighted by Crippen LogP contribution is -2.49. The monoisotopic (exact) mass is 1030 g/mol. The number of piperidine rings is 4. The van der Waals surface area contributed by atoms with Crippen molar-refractivity contribution >= 4 is 0 Å². The topological polar surface area (TPSA) is 16.2 Å². The van der Waals surface area contributed by atoms with E-state index in [0.29, 0.717) is 0 Å². The van der Waals surface area contributed by atoms with Crippen molar-refractivity contribution in [3.05, 3.63) is 0 Å². The summed E-state index contributed by atoms with van der Waals surface area (Å²) >= 11 is 0. The molecule has 0 aromatic rings. The maximum absolute atomic E-state index is 2.73. The first-order valence-electron chi connectivity index (χ1n) is 32.8. The van der Waals surface area contributed by atoms with Gasteiger partial charge in [0.15, 0.2) is 0 Å². The number of hydrogen-bond acceptors (Lipinski definition) is 5. The van der Waals surface area contributed by atoms with Gasteiger partial charge in [0.05, 0.1) is 0 Å². The first-order chi connectivity index (χ1) is 34.1. The van der Waals surface area contributed by atoms with Crippen LogP contribution >= 0.6 is 0 Å². The fourth-order valence-corrected chi connectivity index (χ4v) is 13.0. The van der Waals surface area contributed by atoms with E-state index in [1.54, 1.807) is 0 Å². The van der Waals surface area contributed by atoms with Crippen LogP contribution in [0.5, 0.6) is 0 Å². The molecule has 438 valence electrons. The minimum atomic E-state index is 0.780. The average molecular weight is 1030 g/mol. The van der Waals surface area contributed by atoms with Gasteiger partial charge >= 0.3 is 0 Å². The quantitative estimate of drug-likeness (QED) is 0.114. The van der Waals surface area contributed by atoms with Crippen molar-refractivity contribution < 1.29 is 0 Å². The summed E-state index contributed by atoms with van der Waals surface area (Å²) in [5.41, 5.74) is 0. The van der Waals surface area contributed by atoms with E-state index in [1.807, 2.05) is 0 Å². The summed E-state index contributed by atoms with van der Waals surface area (Å²) in [5, 5.41) is 0. The average Bonchev–Trinajstić information content (AvgIpc) is 3.28. The molecule has 5 heterocycles. The molecule has 5 heteroatoms. The lowest BCUT2D eigenvalue weighted by molar-refractivity contribution is 0.0368. The Balaban J connectivity index is 0.000000457. The van der Waals surface area contributed by atoms with Crippen molar-refractivity contribution in [2.24, 2.45) is 107 Å². The molecular formula is C68H141N5. The van der Waals surface area contributed by atoms with E-state index in [-0.39, 0.29) is 0 Å². The highest BCUT2D eigenvalue weighted by Crippen LogP contribution is 2.35. The maximum Gasteiger partial charge on any atom is 0.0100 e. The second-order valence-corrected chi connectivity index (χ2v) is 29.8. The Labute approximate surface area is 463 Å². The summed E-state index contributed by atoms with van der Waals surface area (Å²) in [4.78, 5) is 13.4. The van der Waals surface area contributed by atoms with Gasteiger partial charge in [-0.1, -0.05) is 159 Å². The van der Waals surface area contributed by atoms with Crippen molar-refractivity contribution in [3.8, 4) is 0 Å². The summed E-state index contributed by atoms with van der Waals surface area (Å²) in [6.07, 6.45) is 15.3. The van der Waals surface area contributed by atoms with Gasteiger partial charge in [-0.15, -0.1) is 0 Å². The molecule has 73 heavy (non-hydrogen) atoms. The molecule has 0 aliphatic carbocycles. The first-order valence-corrected chi connectivity index (χ1v) is 32.8. The number of rotatable bonds is 21. The van der Waals surface area contributed by atoms with Gasteiger partial charge < -0.3 is 24.5 Å². The van der Waals surface area contributed by atoms with Gasteiger partial charge in [0.25, 0.3) is 0 Å². The van der Waals surface area contributed by atoms with Crippen LogP contribution in [0.1, 0.15) is 237 Å². The molecule has 5 aliphatic rings. The molecule has 0 spiro atoms. The molecule has 0 radical (unpaired) electrons. The highest BCUT2D eigenvalue weighted by Gasteiger charge is 2.35. The Kier molecular flexibility index (Phi) is 37.3. The second kappa shape index (κ2) is 38.4. The van der Waals surface area contributed by atoms with E-state index in [9.17, 15) is 0 Å². The summed E-state index contributed by atoms with van der Waals surface area (Å²) < 4.78 is 0. The molecule has 5 aliphatic heterocycles. The van der Waals surface area contributed by atoms with Crippen LogP contribution in [0.15, 0.2) is 0 Å². The molecule has 0 saturated carbocycles. The Hall–Kier alpha value is -0.200. The molecule has 5 nitrogen and oxygen atoms in total. The Bertz CT molecular complexity index is 1240. The number of nitrogens with zero attached hydrogens (tertiary/aromatic N) is 5. The molecule has 0 aromatic heterocycles. The molecule has 5 saturated heterocycles. The van der Waals surface area contributed by atoms with Crippen molar-refractivity contribution in [2.45, 2.75) is 243 Å². The van der Waals surface area contributed by atoms with Gasteiger partial charge in [-0.05, 0) is 243 Å². The maximum atomic E-state index is 2.73. The largest absolute Gasteiger partial charge is 0.303 e. The molecule has 0 bridgehead atoms. The zero-order chi connectivity index (χ0) is 55.5. The zero-order valence-corrected chi connectivity index (χ0v) is 54.9. The SMILES string of the molecule is CC(C)CCCN1CC(C(C)C)C1.CC(C)CCN1CCCC(C(C)C)C1.CC(C)CCN1CC[C@@H](C)C(C(C)C)C1.CC(C)CCN1CC[C@@H](C)C(C(C)C)[C@H]1C.CC(C)CCN1CC[C@H](C)C(C(C)C)C1. The van der Waals surface area contributed by atoms with E-state index >= 15 is 0 Å². The van der Waals surface area contributed by atoms with E-state index < -0.39 is 0 Å². The smallest absolute Gasteiger partial charge is 0.0100 e. The Morgan fingerprint density at radius 1 is 0.329 bits per heavy atom. The van der Waals surface area contributed by atoms with Crippen LogP contribution in [-0.4, -0.2) is 122 Å². The fraction of sp³-hybridized carbons (Fsp3) is 1.00. The van der Waals surface area contributed by atoms with Gasteiger partial charge in [-0.25, -0.2) is 0 Å². The van der Waals surface area contributed by atoms with Gasteiger partial charge in [-0.3, -0.25) is 0 Å². The minimum Gasteiger partial charge on any atom is -0.303 e. The van der Waals surface area contributed by atoms with Gasteiger partial charge in [-0.2, -0.15) is 0 Å². The van der Waals surface area contributed by atoms with Crippen molar-refractivity contribution in [1.82, 2.24) is 24.5 Å². The van der Waals surface area contributed by atoms with Crippen LogP contribution in [0.4, 0.5) is 0 Å². The Morgan fingerprint density at radius 2 is 0.712 bits per heavy atom. The second-order valence-electron chi connectivity index (χ2n) is 29.8. The summed E-state index contributed by atoms with van der Waals surface area (Å²) in [6, 6.07) is 0.780. The summed E-state index contributed by atoms with van der Waals surface area (Å²) in [6.45, 7) is 75.4. The standard InChI is InChI=1S/C15H31N.2C14H29N.C13H27N.C12H25N/c1-11(2)7-9-16-10-8-13(5)15(12(3)4)14(16)6;2*1-11(2)6-8-15-9-7-13(5)14(10-15)12(3)4;1-11(2)7-9-14-8-5-6-13(10-14)12(3)4;1-10(2)6-5-7-13-8-12(9-13)11(3)4/h11-15H,7-10H2,1-6H3;2*11-14H,6-10H2,1-5H3;11-13H,5-10H2,1-4H3;10-12H,5-9H2,1-4H3/t13-,14-,15?;2*13-,14?;;/m110../s1. The molecule has 5 fully saturated rings. The van der Waals surface area contributed by atoms with Crippen LogP contribution in [0.3, 0.4) is 0 Å². The minimum absolute atomic E-state index is 0.780. The van der Waals surface area contributed by atoms with Crippen molar-refractivity contribution in [1.29, 1.82) is 0 Å². The molecular weight excluding hydrogens is 887 g/mol. The molecule has 4 unspecified atom stereocenters. The van der Waals surface area contributed by atoms with Crippen LogP contribution in [0, 0.1) is 107 Å². The van der Waals surface area contributed by atoms with Crippen LogP contribution in [0.2, 0.25) is 0 Å². The van der Waals surface area contributed by atoms with Crippen molar-refractivity contribution in [3.63, 3.8) is 0 Å². The van der Waals surface area contributed by atoms with E-state index in [4.69, 9.17) is 0 Å². The number of likely N-dealkylation sites (tertiary alicyclic amines) is 5. The zero-order valence-electron chi connectivity index (χ0n) is 54.9. The van der Waals surface area contributed by atoms with E-state index in [0.717, 1.165) is 113 Å². The number of hydrogen-bond donors (Lipinski definition) is 0. The third-order valence-electron chi connectivity index (χ3n) is 19.1. The molecule has 8 atom stereocenters. The van der Waals surface area contributed by atoms with Crippen LogP contribution in [0.25, 0.3) is 0 Å². The molecule has 0 aromatic carbocycles. The highest BCUT2D eigenvalue weighted by molar-refractivity contribution is 4.87. The van der Waals surface area contributed by atoms with Gasteiger partial charge in [0.1, 0.15) is 0 Å². The molecule has 0 N–H and O–H groups in total. The third-order valence-corrected chi connectivity index (χ3v) is 19.1. The predicted octanol–water partition coefficient (Wildman–Crippen LogP) is 17.7. The first kappa shape index (κ1) is 70.8. The van der Waals surface area contributed by atoms with Gasteiger partial charge in [0.2, 0.25) is 0 Å². The summed E-state index contributed by atoms with van der Waals surface area (Å²) in [5.74, 6) is 16.0. The molecule has 0 amide bonds. The fourth-order valence-electron chi connectivity index (χ4n) is 13.0. The van der Waals surface area contributed by atoms with Crippen LogP contribution in [-0.2, 0) is 0 Å². The molecule has 5 rings (SSSR count). The van der Waals surface area contributed by atoms with E-state index in [1.165, 1.54) is 162 Å². The van der Waals surface area contributed by atoms with Crippen molar-refractivity contribution in [2.75, 3.05) is 91.6 Å². The summed E-state index contributed by atoms with van der Waals surface area (Å²) in [7, 11) is 0. The predicted molar refractivity (Wildman–Crippen MR) is 331 cm³/mol.